The topological polar surface area (TPSA) is 51.8 Å². The molecule has 2 aliphatic heterocycles. The van der Waals surface area contributed by atoms with Crippen molar-refractivity contribution in [3.8, 4) is 6.07 Å². The number of nitriles is 1. The minimum absolute atomic E-state index is 0.339. The normalized spacial score (nSPS) is 21.4. The molecule has 2 rings (SSSR count). The van der Waals surface area contributed by atoms with Crippen molar-refractivity contribution in [2.45, 2.75) is 26.7 Å². The van der Waals surface area contributed by atoms with E-state index in [1.54, 1.807) is 11.8 Å². The Morgan fingerprint density at radius 2 is 2.29 bits per heavy atom. The first-order valence-corrected chi connectivity index (χ1v) is 9.02. The summed E-state index contributed by atoms with van der Waals surface area (Å²) in [4.78, 5) is 12.4. The van der Waals surface area contributed by atoms with E-state index in [4.69, 9.17) is 10.3 Å². The largest absolute Gasteiger partial charge is 0.329 e. The van der Waals surface area contributed by atoms with E-state index in [-0.39, 0.29) is 0 Å². The van der Waals surface area contributed by atoms with E-state index in [0.29, 0.717) is 18.9 Å². The average Bonchev–Trinajstić information content (AvgIpc) is 3.00. The molecule has 0 amide bonds. The van der Waals surface area contributed by atoms with Crippen LogP contribution in [0.25, 0.3) is 0 Å². The van der Waals surface area contributed by atoms with Crippen molar-refractivity contribution in [3.05, 3.63) is 46.4 Å². The number of aliphatic imine (C=N–C) groups is 2. The first-order chi connectivity index (χ1) is 11.7. The van der Waals surface area contributed by atoms with Gasteiger partial charge in [-0.3, -0.25) is 9.98 Å². The van der Waals surface area contributed by atoms with Gasteiger partial charge in [0.2, 0.25) is 0 Å². The maximum absolute atomic E-state index is 9.08. The number of rotatable bonds is 6. The van der Waals surface area contributed by atoms with Gasteiger partial charge in [0.05, 0.1) is 18.3 Å². The van der Waals surface area contributed by atoms with Crippen molar-refractivity contribution in [1.82, 2.24) is 4.90 Å². The Kier molecular flexibility index (Phi) is 6.62. The summed E-state index contributed by atoms with van der Waals surface area (Å²) in [5.74, 6) is 1.28. The van der Waals surface area contributed by atoms with Crippen LogP contribution in [0.5, 0.6) is 0 Å². The fourth-order valence-corrected chi connectivity index (χ4v) is 3.63. The van der Waals surface area contributed by atoms with Gasteiger partial charge in [-0.15, -0.1) is 0 Å². The van der Waals surface area contributed by atoms with Crippen LogP contribution in [0.2, 0.25) is 0 Å². The first kappa shape index (κ1) is 18.3. The van der Waals surface area contributed by atoms with Crippen LogP contribution in [0.15, 0.2) is 56.4 Å². The van der Waals surface area contributed by atoms with Crippen LogP contribution in [-0.2, 0) is 0 Å². The maximum atomic E-state index is 9.08. The molecule has 0 aliphatic carbocycles. The molecule has 0 aromatic heterocycles. The molecule has 2 heterocycles. The van der Waals surface area contributed by atoms with Crippen molar-refractivity contribution >= 4 is 23.3 Å². The molecule has 5 heteroatoms. The summed E-state index contributed by atoms with van der Waals surface area (Å²) in [7, 11) is 1.81. The molecule has 1 saturated heterocycles. The Bertz CT molecular complexity index is 689. The second-order valence-corrected chi connectivity index (χ2v) is 6.73. The summed E-state index contributed by atoms with van der Waals surface area (Å²) in [6, 6.07) is 2.31. The zero-order chi connectivity index (χ0) is 17.5. The van der Waals surface area contributed by atoms with Crippen LogP contribution < -0.4 is 0 Å². The second-order valence-electron chi connectivity index (χ2n) is 5.73. The van der Waals surface area contributed by atoms with Crippen molar-refractivity contribution in [2.75, 3.05) is 20.1 Å². The molecule has 1 unspecified atom stereocenters. The number of nitrogens with zero attached hydrogens (tertiary/aromatic N) is 4. The standard InChI is InChI=1S/C19H24N4S/c1-5-7-17(21-4)16-12-22-19(14(3)24-10-6-2)23-13-15(8-9-20)11-18(16)23/h5-7,10,15H,3,8,11-13H2,1-2,4H3/b7-5-,10-6-,21-17?. The van der Waals surface area contributed by atoms with Gasteiger partial charge in [0.15, 0.2) is 0 Å². The minimum Gasteiger partial charge on any atom is -0.329 e. The first-order valence-electron chi connectivity index (χ1n) is 8.14. The van der Waals surface area contributed by atoms with Crippen molar-refractivity contribution in [3.63, 3.8) is 0 Å². The van der Waals surface area contributed by atoms with E-state index >= 15 is 0 Å². The lowest BCUT2D eigenvalue weighted by Gasteiger charge is -2.29. The van der Waals surface area contributed by atoms with Crippen LogP contribution in [0.4, 0.5) is 0 Å². The van der Waals surface area contributed by atoms with Crippen LogP contribution in [0, 0.1) is 17.2 Å². The van der Waals surface area contributed by atoms with Gasteiger partial charge in [0.1, 0.15) is 5.84 Å². The summed E-state index contributed by atoms with van der Waals surface area (Å²) < 4.78 is 0. The van der Waals surface area contributed by atoms with Gasteiger partial charge >= 0.3 is 0 Å². The summed E-state index contributed by atoms with van der Waals surface area (Å²) in [5.41, 5.74) is 3.40. The van der Waals surface area contributed by atoms with Crippen molar-refractivity contribution in [2.24, 2.45) is 15.9 Å². The molecule has 0 N–H and O–H groups in total. The Labute approximate surface area is 149 Å². The molecule has 0 bridgehead atoms. The van der Waals surface area contributed by atoms with E-state index in [9.17, 15) is 0 Å². The van der Waals surface area contributed by atoms with Crippen LogP contribution in [0.3, 0.4) is 0 Å². The summed E-state index contributed by atoms with van der Waals surface area (Å²) in [6.45, 7) is 9.61. The van der Waals surface area contributed by atoms with Crippen LogP contribution >= 0.6 is 11.8 Å². The highest BCUT2D eigenvalue weighted by Crippen LogP contribution is 2.37. The highest BCUT2D eigenvalue weighted by molar-refractivity contribution is 8.06. The molecule has 0 aromatic rings. The monoisotopic (exact) mass is 340 g/mol. The van der Waals surface area contributed by atoms with Crippen molar-refractivity contribution in [1.29, 1.82) is 5.26 Å². The Morgan fingerprint density at radius 3 is 2.92 bits per heavy atom. The van der Waals surface area contributed by atoms with E-state index < -0.39 is 0 Å². The van der Waals surface area contributed by atoms with Gasteiger partial charge in [-0.2, -0.15) is 5.26 Å². The zero-order valence-corrected chi connectivity index (χ0v) is 15.4. The molecule has 0 saturated carbocycles. The van der Waals surface area contributed by atoms with E-state index in [1.807, 2.05) is 44.5 Å². The highest BCUT2D eigenvalue weighted by atomic mass is 32.2. The molecule has 0 aromatic carbocycles. The van der Waals surface area contributed by atoms with Gasteiger partial charge in [-0.05, 0) is 37.7 Å². The Balaban J connectivity index is 2.37. The number of hydrogen-bond acceptors (Lipinski definition) is 5. The molecule has 2 aliphatic rings. The fourth-order valence-electron chi connectivity index (χ4n) is 3.05. The van der Waals surface area contributed by atoms with E-state index in [1.165, 1.54) is 11.3 Å². The molecular weight excluding hydrogens is 316 g/mol. The maximum Gasteiger partial charge on any atom is 0.141 e. The minimum atomic E-state index is 0.339. The number of amidine groups is 1. The summed E-state index contributed by atoms with van der Waals surface area (Å²) in [6.07, 6.45) is 7.50. The lowest BCUT2D eigenvalue weighted by Crippen LogP contribution is -2.33. The lowest BCUT2D eigenvalue weighted by atomic mass is 10.00. The molecule has 1 fully saturated rings. The zero-order valence-electron chi connectivity index (χ0n) is 14.6. The Hall–Kier alpha value is -2.06. The third kappa shape index (κ3) is 3.88. The quantitative estimate of drug-likeness (QED) is 0.677. The predicted octanol–water partition coefficient (Wildman–Crippen LogP) is 4.32. The third-order valence-corrected chi connectivity index (χ3v) is 4.97. The average molecular weight is 340 g/mol. The number of hydrogen-bond donors (Lipinski definition) is 0. The lowest BCUT2D eigenvalue weighted by molar-refractivity contribution is 0.503. The fraction of sp³-hybridized carbons (Fsp3) is 0.421. The van der Waals surface area contributed by atoms with Crippen LogP contribution in [0.1, 0.15) is 26.7 Å². The molecule has 0 radical (unpaired) electrons. The molecular formula is C19H24N4S. The number of fused-ring (bicyclic) bond motifs is 1. The van der Waals surface area contributed by atoms with Gasteiger partial charge in [0, 0.05) is 36.2 Å². The molecule has 0 spiro atoms. The number of thioether (sulfide) groups is 1. The second kappa shape index (κ2) is 8.70. The van der Waals surface area contributed by atoms with Gasteiger partial charge in [-0.1, -0.05) is 30.5 Å². The smallest absolute Gasteiger partial charge is 0.141 e. The van der Waals surface area contributed by atoms with Crippen molar-refractivity contribution < 1.29 is 0 Å². The Morgan fingerprint density at radius 1 is 1.50 bits per heavy atom. The third-order valence-electron chi connectivity index (χ3n) is 4.09. The van der Waals surface area contributed by atoms with E-state index in [2.05, 4.69) is 22.5 Å². The van der Waals surface area contributed by atoms with E-state index in [0.717, 1.165) is 29.4 Å². The summed E-state index contributed by atoms with van der Waals surface area (Å²) in [5, 5.41) is 11.1. The molecule has 126 valence electrons. The molecule has 24 heavy (non-hydrogen) atoms. The van der Waals surface area contributed by atoms with Gasteiger partial charge in [0.25, 0.3) is 0 Å². The predicted molar refractivity (Wildman–Crippen MR) is 104 cm³/mol. The highest BCUT2D eigenvalue weighted by Gasteiger charge is 2.35. The molecule has 1 atom stereocenters. The van der Waals surface area contributed by atoms with Gasteiger partial charge in [-0.25, -0.2) is 0 Å². The summed E-state index contributed by atoms with van der Waals surface area (Å²) >= 11 is 1.59. The van der Waals surface area contributed by atoms with Gasteiger partial charge < -0.3 is 4.90 Å². The number of allylic oxidation sites excluding steroid dienone is 4. The molecule has 4 nitrogen and oxygen atoms in total. The van der Waals surface area contributed by atoms with Crippen LogP contribution in [-0.4, -0.2) is 36.6 Å². The SMILES string of the molecule is C=C(S/C=C\C)C1=NCC(C(/C=C\C)=NC)=C2CC(CC#N)CN12.